The first-order chi connectivity index (χ1) is 30.3. The van der Waals surface area contributed by atoms with Crippen molar-refractivity contribution in [2.24, 2.45) is 0 Å². The normalized spacial score (nSPS) is 12.8. The molecule has 282 valence electrons. The molecule has 11 aromatic carbocycles. The quantitative estimate of drug-likeness (QED) is 0.130. The summed E-state index contributed by atoms with van der Waals surface area (Å²) in [6, 6.07) is 83.1. The lowest BCUT2D eigenvalue weighted by molar-refractivity contribution is 1.27. The molecule has 0 unspecified atom stereocenters. The zero-order valence-electron chi connectivity index (χ0n) is 33.3. The highest BCUT2D eigenvalue weighted by Gasteiger charge is 2.44. The van der Waals surface area contributed by atoms with Gasteiger partial charge in [-0.3, -0.25) is 0 Å². The zero-order chi connectivity index (χ0) is 40.0. The van der Waals surface area contributed by atoms with Gasteiger partial charge in [-0.2, -0.15) is 0 Å². The van der Waals surface area contributed by atoms with Crippen molar-refractivity contribution in [3.63, 3.8) is 0 Å². The lowest BCUT2D eigenvalue weighted by Gasteiger charge is -2.45. The third-order valence-electron chi connectivity index (χ3n) is 13.2. The highest BCUT2D eigenvalue weighted by atomic mass is 15.2. The SMILES string of the molecule is c1ccc(-c2c(N3c4ccccc4B4c5ccccc5N(c5c(-c6ccccc6)c6ccccc6c6ccccc56)c5cccc3c54)c3ccccc3c3ccccc23)cc1. The molecule has 0 aromatic heterocycles. The van der Waals surface area contributed by atoms with Gasteiger partial charge in [-0.1, -0.05) is 200 Å². The van der Waals surface area contributed by atoms with E-state index in [0.717, 1.165) is 0 Å². The van der Waals surface area contributed by atoms with Crippen LogP contribution < -0.4 is 26.2 Å². The van der Waals surface area contributed by atoms with Crippen molar-refractivity contribution in [1.82, 2.24) is 0 Å². The standard InChI is InChI=1S/C58H37BN2/c1-3-20-38(21-4-1)54-44-28-11-7-24-40(44)42-26-9-13-30-46(42)57(54)60-50-34-17-15-32-48(50)59-49-33-16-18-35-51(49)61(53-37-19-36-52(60)56(53)59)58-47-31-14-10-27-43(47)41-25-8-12-29-45(41)55(58)39-22-5-2-6-23-39/h1-37H. The van der Waals surface area contributed by atoms with Crippen molar-refractivity contribution in [2.45, 2.75) is 0 Å². The molecule has 0 saturated carbocycles. The third-order valence-corrected chi connectivity index (χ3v) is 13.2. The van der Waals surface area contributed by atoms with E-state index in [1.54, 1.807) is 0 Å². The third kappa shape index (κ3) is 4.86. The molecule has 0 atom stereocenters. The van der Waals surface area contributed by atoms with Crippen molar-refractivity contribution in [3.05, 3.63) is 224 Å². The summed E-state index contributed by atoms with van der Waals surface area (Å²) in [4.78, 5) is 5.20. The number of para-hydroxylation sites is 2. The second-order valence-corrected chi connectivity index (χ2v) is 16.3. The van der Waals surface area contributed by atoms with E-state index in [9.17, 15) is 0 Å². The molecule has 61 heavy (non-hydrogen) atoms. The van der Waals surface area contributed by atoms with Crippen LogP contribution in [0.5, 0.6) is 0 Å². The predicted octanol–water partition coefficient (Wildman–Crippen LogP) is 13.7. The van der Waals surface area contributed by atoms with Gasteiger partial charge in [-0.15, -0.1) is 0 Å². The predicted molar refractivity (Wildman–Crippen MR) is 261 cm³/mol. The fourth-order valence-electron chi connectivity index (χ4n) is 10.8. The Morgan fingerprint density at radius 3 is 0.984 bits per heavy atom. The summed E-state index contributed by atoms with van der Waals surface area (Å²) in [5.74, 6) is 0. The van der Waals surface area contributed by atoms with Crippen LogP contribution in [0.1, 0.15) is 0 Å². The Labute approximate surface area is 355 Å². The van der Waals surface area contributed by atoms with Crippen LogP contribution in [0.4, 0.5) is 34.1 Å². The van der Waals surface area contributed by atoms with E-state index < -0.39 is 0 Å². The Bertz CT molecular complexity index is 3330. The van der Waals surface area contributed by atoms with Crippen LogP contribution in [-0.4, -0.2) is 6.71 Å². The van der Waals surface area contributed by atoms with Gasteiger partial charge in [0.05, 0.1) is 11.4 Å². The molecular formula is C58H37BN2. The largest absolute Gasteiger partial charge is 0.310 e. The van der Waals surface area contributed by atoms with Crippen molar-refractivity contribution >= 4 is 100 Å². The Morgan fingerprint density at radius 2 is 0.557 bits per heavy atom. The number of hydrogen-bond acceptors (Lipinski definition) is 2. The minimum Gasteiger partial charge on any atom is -0.310 e. The molecule has 2 aliphatic rings. The van der Waals surface area contributed by atoms with Gasteiger partial charge < -0.3 is 9.80 Å². The molecular weight excluding hydrogens is 735 g/mol. The van der Waals surface area contributed by atoms with Crippen molar-refractivity contribution in [2.75, 3.05) is 9.80 Å². The van der Waals surface area contributed by atoms with E-state index >= 15 is 0 Å². The lowest BCUT2D eigenvalue weighted by Crippen LogP contribution is -2.61. The average Bonchev–Trinajstić information content (AvgIpc) is 3.34. The topological polar surface area (TPSA) is 6.48 Å². The minimum absolute atomic E-state index is 0.0184. The molecule has 0 spiro atoms. The van der Waals surface area contributed by atoms with Crippen LogP contribution in [0.3, 0.4) is 0 Å². The molecule has 0 bridgehead atoms. The van der Waals surface area contributed by atoms with Gasteiger partial charge in [0, 0.05) is 44.6 Å². The fourth-order valence-corrected chi connectivity index (χ4v) is 10.8. The van der Waals surface area contributed by atoms with Crippen molar-refractivity contribution in [1.29, 1.82) is 0 Å². The number of anilines is 6. The van der Waals surface area contributed by atoms with Crippen molar-refractivity contribution < 1.29 is 0 Å². The number of rotatable bonds is 4. The average molecular weight is 773 g/mol. The Morgan fingerprint density at radius 1 is 0.246 bits per heavy atom. The van der Waals surface area contributed by atoms with Crippen LogP contribution >= 0.6 is 0 Å². The summed E-state index contributed by atoms with van der Waals surface area (Å²) < 4.78 is 0. The second kappa shape index (κ2) is 13.3. The van der Waals surface area contributed by atoms with Crippen LogP contribution in [0.2, 0.25) is 0 Å². The van der Waals surface area contributed by atoms with Crippen LogP contribution in [0.15, 0.2) is 224 Å². The molecule has 2 heterocycles. The maximum absolute atomic E-state index is 2.60. The van der Waals surface area contributed by atoms with Gasteiger partial charge in [0.25, 0.3) is 6.71 Å². The Kier molecular flexibility index (Phi) is 7.43. The minimum atomic E-state index is 0.0184. The molecule has 11 aromatic rings. The fraction of sp³-hybridized carbons (Fsp3) is 0. The van der Waals surface area contributed by atoms with Gasteiger partial charge in [0.1, 0.15) is 0 Å². The zero-order valence-corrected chi connectivity index (χ0v) is 33.3. The van der Waals surface area contributed by atoms with Gasteiger partial charge in [-0.05, 0) is 84.1 Å². The number of nitrogens with zero attached hydrogens (tertiary/aromatic N) is 2. The van der Waals surface area contributed by atoms with Gasteiger partial charge in [-0.25, -0.2) is 0 Å². The number of hydrogen-bond donors (Lipinski definition) is 0. The maximum atomic E-state index is 2.60. The summed E-state index contributed by atoms with van der Waals surface area (Å²) in [7, 11) is 0. The number of benzene rings is 11. The summed E-state index contributed by atoms with van der Waals surface area (Å²) in [6.07, 6.45) is 0. The van der Waals surface area contributed by atoms with Crippen LogP contribution in [0, 0.1) is 0 Å². The Hall–Kier alpha value is -7.88. The lowest BCUT2D eigenvalue weighted by atomic mass is 9.33. The first-order valence-corrected chi connectivity index (χ1v) is 21.2. The smallest absolute Gasteiger partial charge is 0.252 e. The van der Waals surface area contributed by atoms with E-state index in [-0.39, 0.29) is 6.71 Å². The van der Waals surface area contributed by atoms with Crippen molar-refractivity contribution in [3.8, 4) is 22.3 Å². The summed E-state index contributed by atoms with van der Waals surface area (Å²) in [5.41, 5.74) is 16.0. The Balaban J connectivity index is 1.19. The van der Waals surface area contributed by atoms with E-state index in [0.29, 0.717) is 0 Å². The molecule has 0 saturated heterocycles. The monoisotopic (exact) mass is 772 g/mol. The molecule has 3 heteroatoms. The molecule has 13 rings (SSSR count). The van der Waals surface area contributed by atoms with E-state index in [4.69, 9.17) is 0 Å². The van der Waals surface area contributed by atoms with E-state index in [2.05, 4.69) is 234 Å². The highest BCUT2D eigenvalue weighted by Crippen LogP contribution is 2.54. The molecule has 0 radical (unpaired) electrons. The number of fused-ring (bicyclic) bond motifs is 10. The van der Waals surface area contributed by atoms with E-state index in [1.165, 1.54) is 116 Å². The highest BCUT2D eigenvalue weighted by molar-refractivity contribution is 7.00. The molecule has 0 fully saturated rings. The molecule has 2 nitrogen and oxygen atoms in total. The maximum Gasteiger partial charge on any atom is 0.252 e. The molecule has 0 aliphatic carbocycles. The summed E-state index contributed by atoms with van der Waals surface area (Å²) >= 11 is 0. The molecule has 2 aliphatic heterocycles. The van der Waals surface area contributed by atoms with Gasteiger partial charge in [0.2, 0.25) is 0 Å². The van der Waals surface area contributed by atoms with E-state index in [1.807, 2.05) is 0 Å². The first kappa shape index (κ1) is 34.0. The van der Waals surface area contributed by atoms with Crippen LogP contribution in [-0.2, 0) is 0 Å². The summed E-state index contributed by atoms with van der Waals surface area (Å²) in [5, 5.41) is 9.96. The van der Waals surface area contributed by atoms with Gasteiger partial charge in [0.15, 0.2) is 0 Å². The second-order valence-electron chi connectivity index (χ2n) is 16.3. The van der Waals surface area contributed by atoms with Gasteiger partial charge >= 0.3 is 0 Å². The molecule has 0 N–H and O–H groups in total. The summed E-state index contributed by atoms with van der Waals surface area (Å²) in [6.45, 7) is 0.0184. The molecule has 0 amide bonds. The van der Waals surface area contributed by atoms with Crippen LogP contribution in [0.25, 0.3) is 65.3 Å². The first-order valence-electron chi connectivity index (χ1n) is 21.2.